The lowest BCUT2D eigenvalue weighted by Gasteiger charge is -2.26. The molecule has 0 saturated carbocycles. The largest absolute Gasteiger partial charge is 0.460 e. The summed E-state index contributed by atoms with van der Waals surface area (Å²) in [6, 6.07) is 12.2. The van der Waals surface area contributed by atoms with Crippen molar-refractivity contribution in [1.82, 2.24) is 9.21 Å². The van der Waals surface area contributed by atoms with Gasteiger partial charge in [0.1, 0.15) is 6.61 Å². The molecule has 162 valence electrons. The third kappa shape index (κ3) is 4.11. The quantitative estimate of drug-likeness (QED) is 0.503. The molecule has 2 aromatic carbocycles. The van der Waals surface area contributed by atoms with Crippen molar-refractivity contribution in [2.45, 2.75) is 24.2 Å². The summed E-state index contributed by atoms with van der Waals surface area (Å²) >= 11 is 0. The van der Waals surface area contributed by atoms with Gasteiger partial charge in [-0.2, -0.15) is 4.31 Å². The summed E-state index contributed by atoms with van der Waals surface area (Å²) in [6.07, 6.45) is 2.64. The van der Waals surface area contributed by atoms with Gasteiger partial charge in [-0.15, -0.1) is 0 Å². The number of sulfonamides is 1. The SMILES string of the molecule is O=C(OCCN1C(=O)c2ccccc2C1=O)c1cccc(S(=O)(=O)N2CCCCC2)c1. The van der Waals surface area contributed by atoms with Gasteiger partial charge in [0.2, 0.25) is 10.0 Å². The Kier molecular flexibility index (Phi) is 5.88. The Morgan fingerprint density at radius 3 is 2.19 bits per heavy atom. The summed E-state index contributed by atoms with van der Waals surface area (Å²) in [5.74, 6) is -1.56. The summed E-state index contributed by atoms with van der Waals surface area (Å²) in [5.41, 5.74) is 0.754. The van der Waals surface area contributed by atoms with Crippen molar-refractivity contribution in [2.75, 3.05) is 26.2 Å². The van der Waals surface area contributed by atoms with Crippen LogP contribution in [0.3, 0.4) is 0 Å². The number of hydrogen-bond acceptors (Lipinski definition) is 6. The number of fused-ring (bicyclic) bond motifs is 1. The van der Waals surface area contributed by atoms with E-state index in [9.17, 15) is 22.8 Å². The van der Waals surface area contributed by atoms with Crippen molar-refractivity contribution in [3.63, 3.8) is 0 Å². The molecule has 2 aliphatic rings. The maximum atomic E-state index is 12.8. The molecule has 0 bridgehead atoms. The Hall–Kier alpha value is -3.04. The molecule has 0 N–H and O–H groups in total. The zero-order valence-electron chi connectivity index (χ0n) is 16.8. The second-order valence-corrected chi connectivity index (χ2v) is 9.37. The van der Waals surface area contributed by atoms with Crippen molar-refractivity contribution in [3.05, 3.63) is 65.2 Å². The minimum atomic E-state index is -3.67. The first-order valence-corrected chi connectivity index (χ1v) is 11.6. The van der Waals surface area contributed by atoms with Gasteiger partial charge in [0.15, 0.2) is 0 Å². The number of rotatable bonds is 6. The smallest absolute Gasteiger partial charge is 0.338 e. The lowest BCUT2D eigenvalue weighted by Crippen LogP contribution is -2.35. The average molecular weight is 442 g/mol. The van der Waals surface area contributed by atoms with Crippen molar-refractivity contribution in [2.24, 2.45) is 0 Å². The van der Waals surface area contributed by atoms with Gasteiger partial charge in [0.05, 0.1) is 28.1 Å². The molecule has 2 heterocycles. The molecule has 1 fully saturated rings. The van der Waals surface area contributed by atoms with Crippen LogP contribution in [0.5, 0.6) is 0 Å². The maximum absolute atomic E-state index is 12.8. The van der Waals surface area contributed by atoms with Crippen LogP contribution in [-0.4, -0.2) is 61.6 Å². The topological polar surface area (TPSA) is 101 Å². The first kappa shape index (κ1) is 21.2. The van der Waals surface area contributed by atoms with Crippen LogP contribution in [0.4, 0.5) is 0 Å². The molecule has 0 spiro atoms. The average Bonchev–Trinajstić information content (AvgIpc) is 3.04. The monoisotopic (exact) mass is 442 g/mol. The normalized spacial score (nSPS) is 17.0. The van der Waals surface area contributed by atoms with Crippen molar-refractivity contribution in [1.29, 1.82) is 0 Å². The zero-order valence-corrected chi connectivity index (χ0v) is 17.6. The van der Waals surface area contributed by atoms with E-state index in [-0.39, 0.29) is 23.6 Å². The maximum Gasteiger partial charge on any atom is 0.338 e. The van der Waals surface area contributed by atoms with Gasteiger partial charge in [0, 0.05) is 13.1 Å². The summed E-state index contributed by atoms with van der Waals surface area (Å²) in [7, 11) is -3.67. The third-order valence-corrected chi connectivity index (χ3v) is 7.34. The van der Waals surface area contributed by atoms with Gasteiger partial charge in [-0.05, 0) is 43.2 Å². The Balaban J connectivity index is 1.39. The highest BCUT2D eigenvalue weighted by Gasteiger charge is 2.35. The van der Waals surface area contributed by atoms with Crippen LogP contribution >= 0.6 is 0 Å². The molecule has 2 aromatic rings. The second kappa shape index (κ2) is 8.60. The molecule has 4 rings (SSSR count). The Morgan fingerprint density at radius 2 is 1.55 bits per heavy atom. The van der Waals surface area contributed by atoms with Gasteiger partial charge in [-0.1, -0.05) is 24.6 Å². The number of imide groups is 1. The number of carbonyl (C=O) groups excluding carboxylic acids is 3. The molecule has 1 saturated heterocycles. The van der Waals surface area contributed by atoms with Crippen LogP contribution in [0.1, 0.15) is 50.3 Å². The minimum absolute atomic E-state index is 0.0456. The van der Waals surface area contributed by atoms with Gasteiger partial charge in [0.25, 0.3) is 11.8 Å². The number of ether oxygens (including phenoxy) is 1. The third-order valence-electron chi connectivity index (χ3n) is 5.45. The molecule has 8 nitrogen and oxygen atoms in total. The van der Waals surface area contributed by atoms with E-state index in [0.29, 0.717) is 24.2 Å². The fourth-order valence-electron chi connectivity index (χ4n) is 3.79. The summed E-state index contributed by atoms with van der Waals surface area (Å²) in [4.78, 5) is 38.2. The zero-order chi connectivity index (χ0) is 22.0. The molecule has 0 unspecified atom stereocenters. The molecule has 2 aliphatic heterocycles. The molecular weight excluding hydrogens is 420 g/mol. The van der Waals surface area contributed by atoms with Gasteiger partial charge in [-0.3, -0.25) is 14.5 Å². The van der Waals surface area contributed by atoms with E-state index in [4.69, 9.17) is 4.74 Å². The van der Waals surface area contributed by atoms with E-state index >= 15 is 0 Å². The summed E-state index contributed by atoms with van der Waals surface area (Å²) < 4.78 is 32.3. The number of nitrogens with zero attached hydrogens (tertiary/aromatic N) is 2. The highest BCUT2D eigenvalue weighted by Crippen LogP contribution is 2.23. The van der Waals surface area contributed by atoms with E-state index in [0.717, 1.165) is 24.2 Å². The van der Waals surface area contributed by atoms with Crippen molar-refractivity contribution in [3.8, 4) is 0 Å². The predicted molar refractivity (Wildman–Crippen MR) is 111 cm³/mol. The van der Waals surface area contributed by atoms with Crippen molar-refractivity contribution < 1.29 is 27.5 Å². The molecule has 0 radical (unpaired) electrons. The number of hydrogen-bond donors (Lipinski definition) is 0. The van der Waals surface area contributed by atoms with E-state index in [1.165, 1.54) is 28.6 Å². The van der Waals surface area contributed by atoms with Crippen LogP contribution in [0.2, 0.25) is 0 Å². The molecule has 0 aliphatic carbocycles. The number of piperidine rings is 1. The summed E-state index contributed by atoms with van der Waals surface area (Å²) in [5, 5.41) is 0. The Morgan fingerprint density at radius 1 is 0.903 bits per heavy atom. The number of benzene rings is 2. The molecule has 0 atom stereocenters. The molecule has 0 aromatic heterocycles. The van der Waals surface area contributed by atoms with Gasteiger partial charge >= 0.3 is 5.97 Å². The molecule has 2 amide bonds. The van der Waals surface area contributed by atoms with Gasteiger partial charge < -0.3 is 4.74 Å². The second-order valence-electron chi connectivity index (χ2n) is 7.44. The van der Waals surface area contributed by atoms with E-state index in [2.05, 4.69) is 0 Å². The van der Waals surface area contributed by atoms with Crippen LogP contribution in [-0.2, 0) is 14.8 Å². The lowest BCUT2D eigenvalue weighted by atomic mass is 10.1. The highest BCUT2D eigenvalue weighted by molar-refractivity contribution is 7.89. The van der Waals surface area contributed by atoms with Crippen LogP contribution in [0.25, 0.3) is 0 Å². The van der Waals surface area contributed by atoms with Gasteiger partial charge in [-0.25, -0.2) is 13.2 Å². The number of carbonyl (C=O) groups is 3. The minimum Gasteiger partial charge on any atom is -0.460 e. The molecule has 31 heavy (non-hydrogen) atoms. The first-order chi connectivity index (χ1) is 14.9. The number of amides is 2. The molecule has 9 heteroatoms. The van der Waals surface area contributed by atoms with E-state index in [1.807, 2.05) is 0 Å². The van der Waals surface area contributed by atoms with Crippen LogP contribution < -0.4 is 0 Å². The fraction of sp³-hybridized carbons (Fsp3) is 0.318. The number of esters is 1. The first-order valence-electron chi connectivity index (χ1n) is 10.1. The Bertz CT molecular complexity index is 1100. The Labute approximate surface area is 180 Å². The molecular formula is C22H22N2O6S. The van der Waals surface area contributed by atoms with Crippen molar-refractivity contribution >= 4 is 27.8 Å². The van der Waals surface area contributed by atoms with Crippen LogP contribution in [0.15, 0.2) is 53.4 Å². The van der Waals surface area contributed by atoms with Crippen LogP contribution in [0, 0.1) is 0 Å². The standard InChI is InChI=1S/C22H22N2O6S/c25-20-18-9-2-3-10-19(18)21(26)24(20)13-14-30-22(27)16-7-6-8-17(15-16)31(28,29)23-11-4-1-5-12-23/h2-3,6-10,15H,1,4-5,11-14H2. The highest BCUT2D eigenvalue weighted by atomic mass is 32.2. The lowest BCUT2D eigenvalue weighted by molar-refractivity contribution is 0.0420. The van der Waals surface area contributed by atoms with E-state index in [1.54, 1.807) is 24.3 Å². The predicted octanol–water partition coefficient (Wildman–Crippen LogP) is 2.31. The van der Waals surface area contributed by atoms with E-state index < -0.39 is 27.8 Å². The fourth-order valence-corrected chi connectivity index (χ4v) is 5.36. The summed E-state index contributed by atoms with van der Waals surface area (Å²) in [6.45, 7) is 0.672.